The molecule has 0 unspecified atom stereocenters. The van der Waals surface area contributed by atoms with Crippen molar-refractivity contribution in [3.05, 3.63) is 28.2 Å². The summed E-state index contributed by atoms with van der Waals surface area (Å²) in [7, 11) is 1.64. The van der Waals surface area contributed by atoms with Crippen molar-refractivity contribution >= 4 is 50.3 Å². The van der Waals surface area contributed by atoms with Crippen LogP contribution in [0.15, 0.2) is 27.0 Å². The molecule has 0 aliphatic rings. The van der Waals surface area contributed by atoms with Crippen molar-refractivity contribution in [1.29, 1.82) is 0 Å². The highest BCUT2D eigenvalue weighted by atomic mass is 79.9. The van der Waals surface area contributed by atoms with E-state index < -0.39 is 6.09 Å². The zero-order valence-corrected chi connectivity index (χ0v) is 15.2. The molecule has 9 heteroatoms. The predicted molar refractivity (Wildman–Crippen MR) is 90.8 cm³/mol. The van der Waals surface area contributed by atoms with Crippen molar-refractivity contribution in [2.24, 2.45) is 0 Å². The number of hydrogen-bond donors (Lipinski definition) is 1. The van der Waals surface area contributed by atoms with E-state index in [0.717, 1.165) is 20.1 Å². The summed E-state index contributed by atoms with van der Waals surface area (Å²) >= 11 is 6.27. The average Bonchev–Trinajstić information content (AvgIpc) is 2.93. The Morgan fingerprint density at radius 2 is 2.27 bits per heavy atom. The SMILES string of the molecule is CCOC(=O)Nc1nnc(SCc2cc(Br)ccc2OC)s1. The van der Waals surface area contributed by atoms with Gasteiger partial charge in [-0.3, -0.25) is 5.32 Å². The molecule has 118 valence electrons. The van der Waals surface area contributed by atoms with E-state index in [-0.39, 0.29) is 0 Å². The van der Waals surface area contributed by atoms with Gasteiger partial charge in [-0.05, 0) is 25.1 Å². The van der Waals surface area contributed by atoms with Crippen LogP contribution >= 0.6 is 39.0 Å². The maximum atomic E-state index is 11.3. The number of ether oxygens (including phenoxy) is 2. The van der Waals surface area contributed by atoms with Gasteiger partial charge < -0.3 is 9.47 Å². The van der Waals surface area contributed by atoms with Crippen LogP contribution in [0.1, 0.15) is 12.5 Å². The van der Waals surface area contributed by atoms with E-state index >= 15 is 0 Å². The monoisotopic (exact) mass is 403 g/mol. The molecule has 1 aromatic heterocycles. The van der Waals surface area contributed by atoms with Gasteiger partial charge in [-0.25, -0.2) is 4.79 Å². The van der Waals surface area contributed by atoms with E-state index in [4.69, 9.17) is 9.47 Å². The number of amides is 1. The first-order valence-electron chi connectivity index (χ1n) is 6.35. The molecule has 0 aliphatic heterocycles. The van der Waals surface area contributed by atoms with Gasteiger partial charge in [0.2, 0.25) is 5.13 Å². The molecular formula is C13H14BrN3O3S2. The fourth-order valence-electron chi connectivity index (χ4n) is 1.57. The zero-order valence-electron chi connectivity index (χ0n) is 12.0. The highest BCUT2D eigenvalue weighted by molar-refractivity contribution is 9.10. The Hall–Kier alpha value is -1.32. The minimum Gasteiger partial charge on any atom is -0.496 e. The van der Waals surface area contributed by atoms with Crippen molar-refractivity contribution < 1.29 is 14.3 Å². The lowest BCUT2D eigenvalue weighted by molar-refractivity contribution is 0.168. The van der Waals surface area contributed by atoms with Gasteiger partial charge in [0.25, 0.3) is 0 Å². The Morgan fingerprint density at radius 3 is 3.00 bits per heavy atom. The number of nitrogens with one attached hydrogen (secondary N) is 1. The Morgan fingerprint density at radius 1 is 1.45 bits per heavy atom. The number of halogens is 1. The van der Waals surface area contributed by atoms with Crippen molar-refractivity contribution in [2.75, 3.05) is 19.0 Å². The summed E-state index contributed by atoms with van der Waals surface area (Å²) in [6.07, 6.45) is -0.524. The molecular weight excluding hydrogens is 390 g/mol. The normalized spacial score (nSPS) is 10.3. The number of carbonyl (C=O) groups excluding carboxylic acids is 1. The van der Waals surface area contributed by atoms with Gasteiger partial charge in [0.1, 0.15) is 5.75 Å². The van der Waals surface area contributed by atoms with Crippen LogP contribution in [0.5, 0.6) is 5.75 Å². The molecule has 0 atom stereocenters. The second-order valence-electron chi connectivity index (χ2n) is 3.96. The molecule has 0 aliphatic carbocycles. The molecule has 1 heterocycles. The van der Waals surface area contributed by atoms with Crippen LogP contribution in [0.4, 0.5) is 9.93 Å². The van der Waals surface area contributed by atoms with Crippen molar-refractivity contribution in [3.8, 4) is 5.75 Å². The molecule has 0 bridgehead atoms. The number of anilines is 1. The van der Waals surface area contributed by atoms with Crippen molar-refractivity contribution in [1.82, 2.24) is 10.2 Å². The quantitative estimate of drug-likeness (QED) is 0.576. The summed E-state index contributed by atoms with van der Waals surface area (Å²) < 4.78 is 11.9. The van der Waals surface area contributed by atoms with Crippen molar-refractivity contribution in [2.45, 2.75) is 17.0 Å². The predicted octanol–water partition coefficient (Wildman–Crippen LogP) is 4.17. The highest BCUT2D eigenvalue weighted by Gasteiger charge is 2.10. The van der Waals surface area contributed by atoms with Crippen molar-refractivity contribution in [3.63, 3.8) is 0 Å². The number of benzene rings is 1. The minimum atomic E-state index is -0.524. The second-order valence-corrected chi connectivity index (χ2v) is 7.08. The first kappa shape index (κ1) is 17.0. The van der Waals surface area contributed by atoms with Gasteiger partial charge in [0.15, 0.2) is 4.34 Å². The van der Waals surface area contributed by atoms with Gasteiger partial charge in [-0.2, -0.15) is 0 Å². The molecule has 1 N–H and O–H groups in total. The van der Waals surface area contributed by atoms with Gasteiger partial charge in [-0.1, -0.05) is 39.0 Å². The van der Waals surface area contributed by atoms with Crippen LogP contribution < -0.4 is 10.1 Å². The third-order valence-corrected chi connectivity index (χ3v) is 5.00. The number of rotatable bonds is 6. The van der Waals surface area contributed by atoms with Crippen LogP contribution in [0.3, 0.4) is 0 Å². The summed E-state index contributed by atoms with van der Waals surface area (Å²) in [5, 5.41) is 10.9. The number of methoxy groups -OCH3 is 1. The van der Waals surface area contributed by atoms with Crippen LogP contribution in [0, 0.1) is 0 Å². The van der Waals surface area contributed by atoms with Crippen LogP contribution in [-0.2, 0) is 10.5 Å². The molecule has 0 saturated carbocycles. The highest BCUT2D eigenvalue weighted by Crippen LogP contribution is 2.32. The molecule has 1 aromatic carbocycles. The van der Waals surface area contributed by atoms with E-state index in [0.29, 0.717) is 17.5 Å². The third kappa shape index (κ3) is 4.85. The van der Waals surface area contributed by atoms with Crippen LogP contribution in [0.25, 0.3) is 0 Å². The molecule has 0 spiro atoms. The van der Waals surface area contributed by atoms with E-state index in [1.807, 2.05) is 18.2 Å². The van der Waals surface area contributed by atoms with E-state index in [2.05, 4.69) is 31.4 Å². The number of nitrogens with zero attached hydrogens (tertiary/aromatic N) is 2. The smallest absolute Gasteiger partial charge is 0.413 e. The maximum absolute atomic E-state index is 11.3. The van der Waals surface area contributed by atoms with Gasteiger partial charge in [-0.15, -0.1) is 10.2 Å². The molecule has 2 aromatic rings. The first-order valence-corrected chi connectivity index (χ1v) is 8.94. The lowest BCUT2D eigenvalue weighted by Gasteiger charge is -2.07. The number of carbonyl (C=O) groups is 1. The number of aromatic nitrogens is 2. The minimum absolute atomic E-state index is 0.314. The Labute approximate surface area is 144 Å². The molecule has 2 rings (SSSR count). The lowest BCUT2D eigenvalue weighted by atomic mass is 10.2. The van der Waals surface area contributed by atoms with Crippen LogP contribution in [0.2, 0.25) is 0 Å². The molecule has 0 saturated heterocycles. The third-order valence-electron chi connectivity index (χ3n) is 2.48. The fourth-order valence-corrected chi connectivity index (χ4v) is 3.70. The standard InChI is InChI=1S/C13H14BrN3O3S2/c1-3-20-12(18)15-11-16-17-13(22-11)21-7-8-6-9(14)4-5-10(8)19-2/h4-6H,3,7H2,1-2H3,(H,15,16,18). The molecule has 0 fully saturated rings. The van der Waals surface area contributed by atoms with E-state index in [9.17, 15) is 4.79 Å². The molecule has 6 nitrogen and oxygen atoms in total. The van der Waals surface area contributed by atoms with Gasteiger partial charge in [0.05, 0.1) is 13.7 Å². The van der Waals surface area contributed by atoms with E-state index in [1.165, 1.54) is 23.1 Å². The Bertz CT molecular complexity index is 651. The van der Waals surface area contributed by atoms with Gasteiger partial charge in [0, 0.05) is 15.8 Å². The lowest BCUT2D eigenvalue weighted by Crippen LogP contribution is -2.12. The molecule has 22 heavy (non-hydrogen) atoms. The van der Waals surface area contributed by atoms with Gasteiger partial charge >= 0.3 is 6.09 Å². The second kappa shape index (κ2) is 8.35. The molecule has 1 amide bonds. The first-order chi connectivity index (χ1) is 10.6. The summed E-state index contributed by atoms with van der Waals surface area (Å²) in [5.74, 6) is 1.52. The summed E-state index contributed by atoms with van der Waals surface area (Å²) in [6, 6.07) is 5.85. The van der Waals surface area contributed by atoms with Crippen LogP contribution in [-0.4, -0.2) is 30.0 Å². The Kier molecular flexibility index (Phi) is 6.47. The zero-order chi connectivity index (χ0) is 15.9. The topological polar surface area (TPSA) is 73.3 Å². The summed E-state index contributed by atoms with van der Waals surface area (Å²) in [5.41, 5.74) is 1.05. The maximum Gasteiger partial charge on any atom is 0.413 e. The summed E-state index contributed by atoms with van der Waals surface area (Å²) in [4.78, 5) is 11.3. The number of thioether (sulfide) groups is 1. The summed E-state index contributed by atoms with van der Waals surface area (Å²) in [6.45, 7) is 2.06. The number of hydrogen-bond acceptors (Lipinski definition) is 7. The fraction of sp³-hybridized carbons (Fsp3) is 0.308. The Balaban J connectivity index is 1.96. The molecule has 0 radical (unpaired) electrons. The largest absolute Gasteiger partial charge is 0.496 e. The van der Waals surface area contributed by atoms with E-state index in [1.54, 1.807) is 14.0 Å². The average molecular weight is 404 g/mol.